The molecule has 1 fully saturated rings. The zero-order valence-electron chi connectivity index (χ0n) is 13.1. The summed E-state index contributed by atoms with van der Waals surface area (Å²) in [6.07, 6.45) is 1.98. The molecule has 0 saturated carbocycles. The lowest BCUT2D eigenvalue weighted by Crippen LogP contribution is -2.47. The minimum Gasteiger partial charge on any atom is -0.353 e. The molecule has 1 N–H and O–H groups in total. The Morgan fingerprint density at radius 1 is 1.32 bits per heavy atom. The number of amides is 2. The molecule has 0 aromatic heterocycles. The Morgan fingerprint density at radius 2 is 2.00 bits per heavy atom. The maximum absolute atomic E-state index is 12.1. The molecule has 2 amide bonds. The van der Waals surface area contributed by atoms with Crippen molar-refractivity contribution in [3.63, 3.8) is 0 Å². The number of halogens is 1. The fourth-order valence-electron chi connectivity index (χ4n) is 2.72. The van der Waals surface area contributed by atoms with Gasteiger partial charge in [0.25, 0.3) is 0 Å². The lowest BCUT2D eigenvalue weighted by atomic mass is 10.0. The monoisotopic (exact) mass is 322 g/mol. The predicted molar refractivity (Wildman–Crippen MR) is 87.7 cm³/mol. The molecule has 4 nitrogen and oxygen atoms in total. The van der Waals surface area contributed by atoms with Crippen molar-refractivity contribution in [1.82, 2.24) is 10.2 Å². The maximum Gasteiger partial charge on any atom is 0.225 e. The molecule has 2 rings (SSSR count). The highest BCUT2D eigenvalue weighted by atomic mass is 35.5. The standard InChI is InChI=1S/C17H23ClN2O2/c1-12(2)17(22)20-8-6-15(7-9-20)19-16(21)11-13-4-3-5-14(18)10-13/h3-5,10,12,15H,6-9,11H2,1-2H3,(H,19,21). The average molecular weight is 323 g/mol. The normalized spacial score (nSPS) is 15.9. The van der Waals surface area contributed by atoms with Crippen LogP contribution in [0.5, 0.6) is 0 Å². The zero-order chi connectivity index (χ0) is 16.1. The maximum atomic E-state index is 12.1. The fraction of sp³-hybridized carbons (Fsp3) is 0.529. The zero-order valence-corrected chi connectivity index (χ0v) is 13.9. The van der Waals surface area contributed by atoms with Crippen LogP contribution in [0.3, 0.4) is 0 Å². The van der Waals surface area contributed by atoms with Gasteiger partial charge in [-0.15, -0.1) is 0 Å². The topological polar surface area (TPSA) is 49.4 Å². The number of carbonyl (C=O) groups is 2. The van der Waals surface area contributed by atoms with E-state index in [1.807, 2.05) is 36.9 Å². The summed E-state index contributed by atoms with van der Waals surface area (Å²) in [4.78, 5) is 25.9. The summed E-state index contributed by atoms with van der Waals surface area (Å²) in [6.45, 7) is 5.28. The molecule has 120 valence electrons. The number of hydrogen-bond donors (Lipinski definition) is 1. The van der Waals surface area contributed by atoms with Crippen LogP contribution in [0.1, 0.15) is 32.3 Å². The van der Waals surface area contributed by atoms with Crippen molar-refractivity contribution in [2.24, 2.45) is 5.92 Å². The van der Waals surface area contributed by atoms with Crippen molar-refractivity contribution < 1.29 is 9.59 Å². The predicted octanol–water partition coefficient (Wildman–Crippen LogP) is 2.65. The van der Waals surface area contributed by atoms with Crippen molar-refractivity contribution in [3.05, 3.63) is 34.9 Å². The summed E-state index contributed by atoms with van der Waals surface area (Å²) in [5.41, 5.74) is 0.914. The molecule has 1 aliphatic heterocycles. The van der Waals surface area contributed by atoms with E-state index in [-0.39, 0.29) is 23.8 Å². The summed E-state index contributed by atoms with van der Waals surface area (Å²) < 4.78 is 0. The minimum absolute atomic E-state index is 0.0101. The van der Waals surface area contributed by atoms with Crippen LogP contribution in [0.2, 0.25) is 5.02 Å². The molecule has 0 spiro atoms. The molecule has 1 heterocycles. The second-order valence-electron chi connectivity index (χ2n) is 6.13. The SMILES string of the molecule is CC(C)C(=O)N1CCC(NC(=O)Cc2cccc(Cl)c2)CC1. The van der Waals surface area contributed by atoms with Crippen LogP contribution in [0.25, 0.3) is 0 Å². The molecule has 1 aliphatic rings. The Balaban J connectivity index is 1.78. The van der Waals surface area contributed by atoms with Crippen LogP contribution >= 0.6 is 11.6 Å². The van der Waals surface area contributed by atoms with E-state index in [4.69, 9.17) is 11.6 Å². The third-order valence-corrected chi connectivity index (χ3v) is 4.15. The molecule has 1 aromatic rings. The van der Waals surface area contributed by atoms with Gasteiger partial charge in [0.15, 0.2) is 0 Å². The highest BCUT2D eigenvalue weighted by molar-refractivity contribution is 6.30. The van der Waals surface area contributed by atoms with Crippen LogP contribution < -0.4 is 5.32 Å². The van der Waals surface area contributed by atoms with E-state index in [9.17, 15) is 9.59 Å². The van der Waals surface area contributed by atoms with Gasteiger partial charge in [0, 0.05) is 30.1 Å². The molecule has 1 saturated heterocycles. The minimum atomic E-state index is 0.0101. The number of rotatable bonds is 4. The van der Waals surface area contributed by atoms with Gasteiger partial charge in [-0.3, -0.25) is 9.59 Å². The van der Waals surface area contributed by atoms with Crippen LogP contribution in [0, 0.1) is 5.92 Å². The van der Waals surface area contributed by atoms with Gasteiger partial charge < -0.3 is 10.2 Å². The van der Waals surface area contributed by atoms with Gasteiger partial charge in [-0.2, -0.15) is 0 Å². The van der Waals surface area contributed by atoms with E-state index >= 15 is 0 Å². The summed E-state index contributed by atoms with van der Waals surface area (Å²) >= 11 is 5.92. The number of hydrogen-bond acceptors (Lipinski definition) is 2. The van der Waals surface area contributed by atoms with Crippen molar-refractivity contribution in [2.75, 3.05) is 13.1 Å². The molecule has 0 radical (unpaired) electrons. The summed E-state index contributed by atoms with van der Waals surface area (Å²) in [5, 5.41) is 3.70. The van der Waals surface area contributed by atoms with Crippen LogP contribution in [-0.2, 0) is 16.0 Å². The van der Waals surface area contributed by atoms with E-state index < -0.39 is 0 Å². The molecule has 22 heavy (non-hydrogen) atoms. The highest BCUT2D eigenvalue weighted by Gasteiger charge is 2.24. The Labute approximate surface area is 136 Å². The summed E-state index contributed by atoms with van der Waals surface area (Å²) in [6, 6.07) is 7.51. The summed E-state index contributed by atoms with van der Waals surface area (Å²) in [7, 11) is 0. The van der Waals surface area contributed by atoms with Crippen LogP contribution in [0.15, 0.2) is 24.3 Å². The first-order chi connectivity index (χ1) is 10.5. The van der Waals surface area contributed by atoms with Gasteiger partial charge in [-0.05, 0) is 30.5 Å². The molecular formula is C17H23ClN2O2. The lowest BCUT2D eigenvalue weighted by Gasteiger charge is -2.33. The van der Waals surface area contributed by atoms with Gasteiger partial charge in [-0.1, -0.05) is 37.6 Å². The van der Waals surface area contributed by atoms with Gasteiger partial charge in [0.1, 0.15) is 0 Å². The number of nitrogens with zero attached hydrogens (tertiary/aromatic N) is 1. The third kappa shape index (κ3) is 4.73. The van der Waals surface area contributed by atoms with E-state index in [0.717, 1.165) is 31.5 Å². The molecule has 0 bridgehead atoms. The smallest absolute Gasteiger partial charge is 0.225 e. The number of carbonyl (C=O) groups excluding carboxylic acids is 2. The van der Waals surface area contributed by atoms with Gasteiger partial charge in [0.2, 0.25) is 11.8 Å². The first-order valence-electron chi connectivity index (χ1n) is 7.78. The largest absolute Gasteiger partial charge is 0.353 e. The quantitative estimate of drug-likeness (QED) is 0.926. The Morgan fingerprint density at radius 3 is 2.59 bits per heavy atom. The number of benzene rings is 1. The number of likely N-dealkylation sites (tertiary alicyclic amines) is 1. The fourth-order valence-corrected chi connectivity index (χ4v) is 2.93. The average Bonchev–Trinajstić information content (AvgIpc) is 2.47. The molecule has 1 aromatic carbocycles. The van der Waals surface area contributed by atoms with E-state index in [2.05, 4.69) is 5.32 Å². The molecule has 0 atom stereocenters. The van der Waals surface area contributed by atoms with Crippen molar-refractivity contribution in [1.29, 1.82) is 0 Å². The Bertz CT molecular complexity index is 537. The van der Waals surface area contributed by atoms with E-state index in [1.54, 1.807) is 6.07 Å². The van der Waals surface area contributed by atoms with Crippen LogP contribution in [-0.4, -0.2) is 35.8 Å². The van der Waals surface area contributed by atoms with Crippen LogP contribution in [0.4, 0.5) is 0 Å². The molecule has 5 heteroatoms. The first kappa shape index (κ1) is 16.8. The van der Waals surface area contributed by atoms with E-state index in [0.29, 0.717) is 11.4 Å². The Kier molecular flexibility index (Phi) is 5.83. The molecular weight excluding hydrogens is 300 g/mol. The second-order valence-corrected chi connectivity index (χ2v) is 6.56. The van der Waals surface area contributed by atoms with Gasteiger partial charge in [0.05, 0.1) is 6.42 Å². The first-order valence-corrected chi connectivity index (χ1v) is 8.16. The number of nitrogens with one attached hydrogen (secondary N) is 1. The third-order valence-electron chi connectivity index (χ3n) is 3.92. The summed E-state index contributed by atoms with van der Waals surface area (Å²) in [5.74, 6) is 0.244. The highest BCUT2D eigenvalue weighted by Crippen LogP contribution is 2.14. The molecule has 0 aliphatic carbocycles. The van der Waals surface area contributed by atoms with Crippen molar-refractivity contribution in [2.45, 2.75) is 39.2 Å². The van der Waals surface area contributed by atoms with Crippen molar-refractivity contribution >= 4 is 23.4 Å². The Hall–Kier alpha value is -1.55. The number of piperidine rings is 1. The lowest BCUT2D eigenvalue weighted by molar-refractivity contribution is -0.135. The van der Waals surface area contributed by atoms with Gasteiger partial charge >= 0.3 is 0 Å². The van der Waals surface area contributed by atoms with E-state index in [1.165, 1.54) is 0 Å². The van der Waals surface area contributed by atoms with Gasteiger partial charge in [-0.25, -0.2) is 0 Å². The second kappa shape index (κ2) is 7.63. The van der Waals surface area contributed by atoms with Crippen molar-refractivity contribution in [3.8, 4) is 0 Å². The molecule has 0 unspecified atom stereocenters.